The molecule has 26 heavy (non-hydrogen) atoms. The number of hydrogen-bond donors (Lipinski definition) is 2. The van der Waals surface area contributed by atoms with Crippen molar-refractivity contribution in [3.8, 4) is 0 Å². The molecular weight excluding hydrogens is 354 g/mol. The molecule has 0 unspecified atom stereocenters. The molecule has 1 aliphatic carbocycles. The summed E-state index contributed by atoms with van der Waals surface area (Å²) in [5, 5.41) is 24.6. The molecule has 0 spiro atoms. The number of aliphatic hydroxyl groups is 2. The van der Waals surface area contributed by atoms with Crippen molar-refractivity contribution in [2.24, 2.45) is 0 Å². The normalized spacial score (nSPS) is 16.2. The summed E-state index contributed by atoms with van der Waals surface area (Å²) in [5.74, 6) is -0.353. The van der Waals surface area contributed by atoms with Crippen LogP contribution in [-0.4, -0.2) is 65.9 Å². The van der Waals surface area contributed by atoms with Gasteiger partial charge in [0.15, 0.2) is 5.65 Å². The summed E-state index contributed by atoms with van der Waals surface area (Å²) in [6, 6.07) is 0. The van der Waals surface area contributed by atoms with E-state index in [1.807, 2.05) is 0 Å². The zero-order valence-corrected chi connectivity index (χ0v) is 15.5. The summed E-state index contributed by atoms with van der Waals surface area (Å²) in [7, 11) is 0. The monoisotopic (exact) mass is 375 g/mol. The number of carbonyl (C=O) groups is 1. The molecule has 0 saturated carbocycles. The van der Waals surface area contributed by atoms with Crippen molar-refractivity contribution >= 4 is 33.1 Å². The smallest absolute Gasteiger partial charge is 0.293 e. The lowest BCUT2D eigenvalue weighted by molar-refractivity contribution is 0.0507. The van der Waals surface area contributed by atoms with E-state index in [0.29, 0.717) is 5.65 Å². The SMILES string of the molecule is C[C@H](O)CN(C[C@@H](C)O)C(=O)c1nc2c3c4c(sc3ncn2n1)CCC4. The van der Waals surface area contributed by atoms with Gasteiger partial charge in [0, 0.05) is 18.0 Å². The number of carbonyl (C=O) groups excluding carboxylic acids is 1. The number of aliphatic hydroxyl groups excluding tert-OH is 2. The third-order valence-electron chi connectivity index (χ3n) is 4.49. The second-order valence-electron chi connectivity index (χ2n) is 6.89. The molecule has 2 atom stereocenters. The highest BCUT2D eigenvalue weighted by atomic mass is 32.1. The van der Waals surface area contributed by atoms with Gasteiger partial charge in [-0.15, -0.1) is 16.4 Å². The quantitative estimate of drug-likeness (QED) is 0.690. The number of thiophene rings is 1. The molecular formula is C17H21N5O3S. The van der Waals surface area contributed by atoms with Gasteiger partial charge in [0.25, 0.3) is 5.91 Å². The number of aryl methyl sites for hydroxylation is 2. The molecule has 0 aromatic carbocycles. The Bertz CT molecular complexity index is 968. The van der Waals surface area contributed by atoms with Gasteiger partial charge in [0.1, 0.15) is 11.2 Å². The summed E-state index contributed by atoms with van der Waals surface area (Å²) in [6.45, 7) is 3.42. The fourth-order valence-electron chi connectivity index (χ4n) is 3.50. The lowest BCUT2D eigenvalue weighted by atomic mass is 10.2. The summed E-state index contributed by atoms with van der Waals surface area (Å²) < 4.78 is 1.55. The van der Waals surface area contributed by atoms with E-state index in [1.54, 1.807) is 36.0 Å². The average molecular weight is 375 g/mol. The Morgan fingerprint density at radius 1 is 1.31 bits per heavy atom. The zero-order chi connectivity index (χ0) is 18.4. The molecule has 4 rings (SSSR count). The third-order valence-corrected chi connectivity index (χ3v) is 5.69. The minimum atomic E-state index is -0.705. The fraction of sp³-hybridized carbons (Fsp3) is 0.529. The van der Waals surface area contributed by atoms with E-state index in [1.165, 1.54) is 15.3 Å². The van der Waals surface area contributed by atoms with Crippen molar-refractivity contribution in [3.63, 3.8) is 0 Å². The van der Waals surface area contributed by atoms with Crippen LogP contribution in [0.5, 0.6) is 0 Å². The predicted octanol–water partition coefficient (Wildman–Crippen LogP) is 1.03. The summed E-state index contributed by atoms with van der Waals surface area (Å²) in [6.07, 6.45) is 3.38. The molecule has 0 aliphatic heterocycles. The lowest BCUT2D eigenvalue weighted by Crippen LogP contribution is -2.41. The molecule has 3 aromatic heterocycles. The Labute approximate surface area is 154 Å². The topological polar surface area (TPSA) is 104 Å². The molecule has 0 saturated heterocycles. The first kappa shape index (κ1) is 17.3. The van der Waals surface area contributed by atoms with E-state index >= 15 is 0 Å². The van der Waals surface area contributed by atoms with Gasteiger partial charge in [-0.25, -0.2) is 14.5 Å². The van der Waals surface area contributed by atoms with E-state index in [9.17, 15) is 15.0 Å². The zero-order valence-electron chi connectivity index (χ0n) is 14.7. The Kier molecular flexibility index (Phi) is 4.37. The van der Waals surface area contributed by atoms with Crippen molar-refractivity contribution in [1.29, 1.82) is 0 Å². The van der Waals surface area contributed by atoms with Crippen LogP contribution in [0.4, 0.5) is 0 Å². The van der Waals surface area contributed by atoms with Crippen molar-refractivity contribution in [2.75, 3.05) is 13.1 Å². The van der Waals surface area contributed by atoms with Crippen LogP contribution in [0.15, 0.2) is 6.33 Å². The third kappa shape index (κ3) is 2.95. The van der Waals surface area contributed by atoms with E-state index in [4.69, 9.17) is 0 Å². The van der Waals surface area contributed by atoms with Gasteiger partial charge >= 0.3 is 0 Å². The molecule has 2 N–H and O–H groups in total. The van der Waals surface area contributed by atoms with E-state index < -0.39 is 18.1 Å². The average Bonchev–Trinajstić information content (AvgIpc) is 3.24. The second kappa shape index (κ2) is 6.57. The highest BCUT2D eigenvalue weighted by Crippen LogP contribution is 2.37. The van der Waals surface area contributed by atoms with Crippen LogP contribution >= 0.6 is 11.3 Å². The van der Waals surface area contributed by atoms with Crippen molar-refractivity contribution in [1.82, 2.24) is 24.5 Å². The van der Waals surface area contributed by atoms with E-state index in [-0.39, 0.29) is 18.9 Å². The molecule has 8 nitrogen and oxygen atoms in total. The number of aromatic nitrogens is 4. The maximum absolute atomic E-state index is 12.8. The molecule has 0 bridgehead atoms. The Morgan fingerprint density at radius 2 is 2.04 bits per heavy atom. The Morgan fingerprint density at radius 3 is 2.73 bits per heavy atom. The highest BCUT2D eigenvalue weighted by molar-refractivity contribution is 7.19. The van der Waals surface area contributed by atoms with Gasteiger partial charge in [-0.3, -0.25) is 4.79 Å². The fourth-order valence-corrected chi connectivity index (χ4v) is 4.73. The standard InChI is InChI=1S/C17H21N5O3S/c1-9(23)6-21(7-10(2)24)17(25)14-19-15-13-11-4-3-5-12(11)26-16(13)18-8-22(15)20-14/h8-10,23-24H,3-7H2,1-2H3/t9-,10+. The molecule has 138 valence electrons. The minimum Gasteiger partial charge on any atom is -0.392 e. The number of fused-ring (bicyclic) bond motifs is 5. The largest absolute Gasteiger partial charge is 0.392 e. The summed E-state index contributed by atoms with van der Waals surface area (Å²) in [5.41, 5.74) is 1.92. The number of nitrogens with zero attached hydrogens (tertiary/aromatic N) is 5. The van der Waals surface area contributed by atoms with Crippen molar-refractivity contribution in [3.05, 3.63) is 22.6 Å². The molecule has 9 heteroatoms. The minimum absolute atomic E-state index is 0.0542. The van der Waals surface area contributed by atoms with Gasteiger partial charge < -0.3 is 15.1 Å². The van der Waals surface area contributed by atoms with E-state index in [0.717, 1.165) is 29.5 Å². The first-order chi connectivity index (χ1) is 12.4. The number of hydrogen-bond acceptors (Lipinski definition) is 7. The highest BCUT2D eigenvalue weighted by Gasteiger charge is 2.26. The van der Waals surface area contributed by atoms with Gasteiger partial charge in [-0.2, -0.15) is 0 Å². The summed E-state index contributed by atoms with van der Waals surface area (Å²) in [4.78, 5) is 25.5. The van der Waals surface area contributed by atoms with Gasteiger partial charge in [-0.05, 0) is 38.7 Å². The Balaban J connectivity index is 1.76. The van der Waals surface area contributed by atoms with Crippen LogP contribution in [0.2, 0.25) is 0 Å². The molecule has 3 heterocycles. The van der Waals surface area contributed by atoms with Crippen LogP contribution in [0.3, 0.4) is 0 Å². The van der Waals surface area contributed by atoms with Gasteiger partial charge in [0.2, 0.25) is 5.82 Å². The molecule has 1 amide bonds. The first-order valence-corrected chi connectivity index (χ1v) is 9.56. The van der Waals surface area contributed by atoms with Crippen LogP contribution in [-0.2, 0) is 12.8 Å². The van der Waals surface area contributed by atoms with Crippen LogP contribution < -0.4 is 0 Å². The molecule has 0 fully saturated rings. The second-order valence-corrected chi connectivity index (χ2v) is 7.98. The molecule has 3 aromatic rings. The predicted molar refractivity (Wildman–Crippen MR) is 97.5 cm³/mol. The van der Waals surface area contributed by atoms with E-state index in [2.05, 4.69) is 15.1 Å². The Hall–Kier alpha value is -2.10. The van der Waals surface area contributed by atoms with Crippen molar-refractivity contribution in [2.45, 2.75) is 45.3 Å². The van der Waals surface area contributed by atoms with Crippen molar-refractivity contribution < 1.29 is 15.0 Å². The molecule has 1 aliphatic rings. The first-order valence-electron chi connectivity index (χ1n) is 8.75. The van der Waals surface area contributed by atoms with Gasteiger partial charge in [-0.1, -0.05) is 0 Å². The van der Waals surface area contributed by atoms with Gasteiger partial charge in [0.05, 0.1) is 17.6 Å². The number of amides is 1. The maximum atomic E-state index is 12.8. The number of rotatable bonds is 5. The lowest BCUT2D eigenvalue weighted by Gasteiger charge is -2.23. The molecule has 0 radical (unpaired) electrons. The van der Waals surface area contributed by atoms with Crippen LogP contribution in [0.1, 0.15) is 41.3 Å². The summed E-state index contributed by atoms with van der Waals surface area (Å²) >= 11 is 1.69. The van der Waals surface area contributed by atoms with Crippen LogP contribution in [0, 0.1) is 0 Å². The van der Waals surface area contributed by atoms with Crippen LogP contribution in [0.25, 0.3) is 15.9 Å². The maximum Gasteiger partial charge on any atom is 0.293 e.